The average Bonchev–Trinajstić information content (AvgIpc) is 2.37. The Hall–Kier alpha value is -0.400. The van der Waals surface area contributed by atoms with Gasteiger partial charge in [0.05, 0.1) is 6.10 Å². The first-order valence-corrected chi connectivity index (χ1v) is 6.10. The number of aliphatic hydroxyl groups is 3. The Morgan fingerprint density at radius 3 is 2.35 bits per heavy atom. The standard InChI is InChI=1S/C13H20N2O3.2ClH/c14-8-13(18)9-15(7-11(16)12(13)17)6-10-4-2-1-3-5-10;;/h1-5,11-12,16-18H,6-9,14H2;2*1H/t11-,12+,13+;;/m0../s1. The van der Waals surface area contributed by atoms with Crippen LogP contribution in [-0.4, -0.2) is 57.7 Å². The maximum Gasteiger partial charge on any atom is 0.118 e. The van der Waals surface area contributed by atoms with E-state index in [2.05, 4.69) is 0 Å². The summed E-state index contributed by atoms with van der Waals surface area (Å²) in [4.78, 5) is 1.90. The molecule has 5 N–H and O–H groups in total. The minimum absolute atomic E-state index is 0. The monoisotopic (exact) mass is 324 g/mol. The summed E-state index contributed by atoms with van der Waals surface area (Å²) in [6, 6.07) is 9.80. The number of halogens is 2. The van der Waals surface area contributed by atoms with Crippen LogP contribution in [0.15, 0.2) is 30.3 Å². The van der Waals surface area contributed by atoms with E-state index >= 15 is 0 Å². The van der Waals surface area contributed by atoms with Gasteiger partial charge < -0.3 is 21.1 Å². The van der Waals surface area contributed by atoms with Crippen LogP contribution < -0.4 is 5.73 Å². The molecule has 1 fully saturated rings. The molecule has 1 aromatic rings. The predicted octanol–water partition coefficient (Wildman–Crippen LogP) is -0.243. The molecule has 20 heavy (non-hydrogen) atoms. The lowest BCUT2D eigenvalue weighted by Crippen LogP contribution is -2.66. The van der Waals surface area contributed by atoms with Crippen molar-refractivity contribution in [3.8, 4) is 0 Å². The van der Waals surface area contributed by atoms with Gasteiger partial charge in [0.15, 0.2) is 0 Å². The van der Waals surface area contributed by atoms with Crippen LogP contribution in [0.1, 0.15) is 5.56 Å². The number of β-amino-alcohol motifs (C(OH)–C–C–N with tert-alkyl or cyclic N) is 2. The quantitative estimate of drug-likeness (QED) is 0.616. The summed E-state index contributed by atoms with van der Waals surface area (Å²) in [6.45, 7) is 1.14. The summed E-state index contributed by atoms with van der Waals surface area (Å²) in [6.07, 6.45) is -2.16. The highest BCUT2D eigenvalue weighted by Crippen LogP contribution is 2.22. The second-order valence-electron chi connectivity index (χ2n) is 4.98. The topological polar surface area (TPSA) is 90.0 Å². The third kappa shape index (κ3) is 4.30. The molecule has 3 atom stereocenters. The molecule has 1 heterocycles. The molecule has 5 nitrogen and oxygen atoms in total. The maximum absolute atomic E-state index is 10.2. The number of aliphatic hydroxyl groups excluding tert-OH is 2. The largest absolute Gasteiger partial charge is 0.389 e. The number of nitrogens with two attached hydrogens (primary N) is 1. The highest BCUT2D eigenvalue weighted by atomic mass is 35.5. The normalized spacial score (nSPS) is 30.2. The predicted molar refractivity (Wildman–Crippen MR) is 82.2 cm³/mol. The number of nitrogens with zero attached hydrogens (tertiary/aromatic N) is 1. The smallest absolute Gasteiger partial charge is 0.118 e. The minimum atomic E-state index is -1.44. The van der Waals surface area contributed by atoms with Gasteiger partial charge in [0, 0.05) is 26.2 Å². The van der Waals surface area contributed by atoms with Crippen LogP contribution in [0, 0.1) is 0 Å². The summed E-state index contributed by atoms with van der Waals surface area (Å²) >= 11 is 0. The number of rotatable bonds is 3. The van der Waals surface area contributed by atoms with E-state index in [4.69, 9.17) is 5.73 Å². The molecule has 0 radical (unpaired) electrons. The summed E-state index contributed by atoms with van der Waals surface area (Å²) in [7, 11) is 0. The molecule has 0 aromatic heterocycles. The molecule has 1 aromatic carbocycles. The van der Waals surface area contributed by atoms with Crippen LogP contribution in [0.5, 0.6) is 0 Å². The number of piperidine rings is 1. The molecule has 0 bridgehead atoms. The SMILES string of the molecule is Cl.Cl.NC[C@@]1(O)CN(Cc2ccccc2)C[C@H](O)[C@H]1O. The molecule has 0 saturated carbocycles. The number of hydrogen-bond acceptors (Lipinski definition) is 5. The first-order chi connectivity index (χ1) is 8.55. The second-order valence-corrected chi connectivity index (χ2v) is 4.98. The van der Waals surface area contributed by atoms with E-state index in [0.717, 1.165) is 5.56 Å². The lowest BCUT2D eigenvalue weighted by atomic mass is 9.87. The fourth-order valence-electron chi connectivity index (χ4n) is 2.42. The molecule has 116 valence electrons. The zero-order chi connectivity index (χ0) is 13.2. The van der Waals surface area contributed by atoms with E-state index in [0.29, 0.717) is 13.1 Å². The molecule has 0 amide bonds. The van der Waals surface area contributed by atoms with Gasteiger partial charge in [-0.1, -0.05) is 30.3 Å². The second kappa shape index (κ2) is 8.14. The van der Waals surface area contributed by atoms with Crippen LogP contribution >= 0.6 is 24.8 Å². The third-order valence-corrected chi connectivity index (χ3v) is 3.46. The Labute approximate surface area is 131 Å². The lowest BCUT2D eigenvalue weighted by molar-refractivity contribution is -0.167. The van der Waals surface area contributed by atoms with E-state index < -0.39 is 17.8 Å². The van der Waals surface area contributed by atoms with Gasteiger partial charge in [-0.25, -0.2) is 0 Å². The van der Waals surface area contributed by atoms with Crippen molar-refractivity contribution in [2.24, 2.45) is 5.73 Å². The van der Waals surface area contributed by atoms with Gasteiger partial charge in [-0.15, -0.1) is 24.8 Å². The molecule has 0 spiro atoms. The van der Waals surface area contributed by atoms with Gasteiger partial charge in [-0.2, -0.15) is 0 Å². The number of likely N-dealkylation sites (tertiary alicyclic amines) is 1. The van der Waals surface area contributed by atoms with E-state index in [9.17, 15) is 15.3 Å². The highest BCUT2D eigenvalue weighted by Gasteiger charge is 2.44. The van der Waals surface area contributed by atoms with Crippen molar-refractivity contribution >= 4 is 24.8 Å². The van der Waals surface area contributed by atoms with Crippen molar-refractivity contribution in [1.29, 1.82) is 0 Å². The third-order valence-electron chi connectivity index (χ3n) is 3.46. The average molecular weight is 325 g/mol. The zero-order valence-corrected chi connectivity index (χ0v) is 12.7. The molecule has 0 unspecified atom stereocenters. The van der Waals surface area contributed by atoms with E-state index in [1.807, 2.05) is 35.2 Å². The van der Waals surface area contributed by atoms with Gasteiger partial charge in [0.1, 0.15) is 11.7 Å². The van der Waals surface area contributed by atoms with Crippen LogP contribution in [0.2, 0.25) is 0 Å². The van der Waals surface area contributed by atoms with Crippen LogP contribution in [0.25, 0.3) is 0 Å². The number of hydrogen-bond donors (Lipinski definition) is 4. The molecule has 2 rings (SSSR count). The zero-order valence-electron chi connectivity index (χ0n) is 11.1. The van der Waals surface area contributed by atoms with Gasteiger partial charge in [0.2, 0.25) is 0 Å². The molecular formula is C13H22Cl2N2O3. The number of benzene rings is 1. The van der Waals surface area contributed by atoms with Crippen LogP contribution in [0.4, 0.5) is 0 Å². The molecule has 7 heteroatoms. The first-order valence-electron chi connectivity index (χ1n) is 6.10. The van der Waals surface area contributed by atoms with Crippen molar-refractivity contribution in [2.75, 3.05) is 19.6 Å². The van der Waals surface area contributed by atoms with Crippen LogP contribution in [-0.2, 0) is 6.54 Å². The van der Waals surface area contributed by atoms with Crippen molar-refractivity contribution in [1.82, 2.24) is 4.90 Å². The van der Waals surface area contributed by atoms with Gasteiger partial charge in [0.25, 0.3) is 0 Å². The van der Waals surface area contributed by atoms with Crippen molar-refractivity contribution in [3.63, 3.8) is 0 Å². The molecule has 0 aliphatic carbocycles. The van der Waals surface area contributed by atoms with Crippen molar-refractivity contribution in [2.45, 2.75) is 24.4 Å². The summed E-state index contributed by atoms with van der Waals surface area (Å²) in [5, 5.41) is 29.8. The fraction of sp³-hybridized carbons (Fsp3) is 0.538. The van der Waals surface area contributed by atoms with Gasteiger partial charge >= 0.3 is 0 Å². The first kappa shape index (κ1) is 19.6. The van der Waals surface area contributed by atoms with E-state index in [1.165, 1.54) is 0 Å². The Bertz CT molecular complexity index is 396. The Morgan fingerprint density at radius 2 is 1.80 bits per heavy atom. The summed E-state index contributed by atoms with van der Waals surface area (Å²) in [5.74, 6) is 0. The maximum atomic E-state index is 10.2. The van der Waals surface area contributed by atoms with Crippen LogP contribution in [0.3, 0.4) is 0 Å². The van der Waals surface area contributed by atoms with E-state index in [1.54, 1.807) is 0 Å². The van der Waals surface area contributed by atoms with Crippen molar-refractivity contribution < 1.29 is 15.3 Å². The molecule has 1 saturated heterocycles. The molecular weight excluding hydrogens is 303 g/mol. The minimum Gasteiger partial charge on any atom is -0.389 e. The fourth-order valence-corrected chi connectivity index (χ4v) is 2.42. The highest BCUT2D eigenvalue weighted by molar-refractivity contribution is 5.85. The summed E-state index contributed by atoms with van der Waals surface area (Å²) < 4.78 is 0. The van der Waals surface area contributed by atoms with E-state index in [-0.39, 0.29) is 37.9 Å². The van der Waals surface area contributed by atoms with Crippen molar-refractivity contribution in [3.05, 3.63) is 35.9 Å². The molecule has 1 aliphatic heterocycles. The Balaban J connectivity index is 0.00000180. The Morgan fingerprint density at radius 1 is 1.20 bits per heavy atom. The van der Waals surface area contributed by atoms with Gasteiger partial charge in [-0.05, 0) is 5.56 Å². The summed E-state index contributed by atoms with van der Waals surface area (Å²) in [5.41, 5.74) is 5.16. The lowest BCUT2D eigenvalue weighted by Gasteiger charge is -2.44. The van der Waals surface area contributed by atoms with Gasteiger partial charge in [-0.3, -0.25) is 4.90 Å². The molecule has 1 aliphatic rings. The Kier molecular flexibility index (Phi) is 7.98.